The van der Waals surface area contributed by atoms with E-state index in [1.807, 2.05) is 0 Å². The fraction of sp³-hybridized carbons (Fsp3) is 0.500. The molecule has 0 aliphatic heterocycles. The summed E-state index contributed by atoms with van der Waals surface area (Å²) in [7, 11) is 0. The molecule has 0 aromatic carbocycles. The Hall–Kier alpha value is 1.58. The Bertz CT molecular complexity index is 65.2. The maximum absolute atomic E-state index is 6.31. The van der Waals surface area contributed by atoms with Crippen LogP contribution in [-0.4, -0.2) is 0 Å². The summed E-state index contributed by atoms with van der Waals surface area (Å²) in [5, 5.41) is 0. The summed E-state index contributed by atoms with van der Waals surface area (Å²) in [5.41, 5.74) is 0. The molecule has 4 heteroatoms. The molecule has 6 heavy (non-hydrogen) atoms. The van der Waals surface area contributed by atoms with E-state index in [1.54, 1.807) is 0 Å². The van der Waals surface area contributed by atoms with Crippen LogP contribution in [0.25, 0.3) is 0 Å². The van der Waals surface area contributed by atoms with Gasteiger partial charge in [-0.05, 0) is 0 Å². The van der Waals surface area contributed by atoms with Crippen molar-refractivity contribution in [3.63, 3.8) is 0 Å². The van der Waals surface area contributed by atoms with E-state index in [1.165, 1.54) is 0 Å². The molecule has 0 aromatic rings. The van der Waals surface area contributed by atoms with Crippen LogP contribution in [0, 0.1) is 6.88 Å². The van der Waals surface area contributed by atoms with Crippen LogP contribution < -0.4 is 37.2 Å². The Morgan fingerprint density at radius 3 is 1.67 bits per heavy atom. The smallest absolute Gasteiger partial charge is 1.00 e. The molecule has 0 saturated carbocycles. The Morgan fingerprint density at radius 1 is 1.50 bits per heavy atom. The third kappa shape index (κ3) is 46.8. The summed E-state index contributed by atoms with van der Waals surface area (Å²) in [6, 6.07) is 0. The molecule has 2 radical (unpaired) electrons. The minimum Gasteiger partial charge on any atom is -1.00 e. The van der Waals surface area contributed by atoms with Gasteiger partial charge in [-0.2, -0.15) is 0 Å². The van der Waals surface area contributed by atoms with E-state index in [0.717, 1.165) is 0 Å². The zero-order valence-corrected chi connectivity index (χ0v) is 6.46. The van der Waals surface area contributed by atoms with Crippen molar-refractivity contribution in [2.24, 2.45) is 0 Å². The third-order valence-electron chi connectivity index (χ3n) is 0. The van der Waals surface area contributed by atoms with Crippen LogP contribution in [0.1, 0.15) is 13.7 Å². The second-order valence-electron chi connectivity index (χ2n) is 0. The van der Waals surface area contributed by atoms with E-state index in [4.69, 9.17) is 6.85 Å². The van der Waals surface area contributed by atoms with Crippen LogP contribution in [0.5, 0.6) is 0 Å². The van der Waals surface area contributed by atoms with Crippen LogP contribution in [-0.2, 0) is 21.7 Å². The molecule has 0 unspecified atom stereocenters. The van der Waals surface area contributed by atoms with E-state index < -0.39 is 13.7 Å². The Labute approximate surface area is 79.6 Å². The predicted octanol–water partition coefficient (Wildman–Crippen LogP) is -8.15. The van der Waals surface area contributed by atoms with Crippen molar-refractivity contribution < 1.29 is 65.8 Å². The number of halogens is 3. The normalized spacial score (nSPS) is 15.8. The Morgan fingerprint density at radius 2 is 1.67 bits per heavy atom. The standard InChI is InChI=1S/C2H5.3ClH.Ti/c1-2;;;;/h1H2,2H3;3*1H;/q;;;;+3/p-3/i1D2,2D3;;;;. The largest absolute Gasteiger partial charge is 3.00 e. The van der Waals surface area contributed by atoms with Crippen LogP contribution in [0.3, 0.4) is 0 Å². The van der Waals surface area contributed by atoms with Crippen molar-refractivity contribution >= 4 is 0 Å². The molecule has 0 heterocycles. The van der Waals surface area contributed by atoms with Crippen LogP contribution >= 0.6 is 0 Å². The molecular formula is C2H5Cl3Ti. The van der Waals surface area contributed by atoms with Gasteiger partial charge in [0.25, 0.3) is 0 Å². The molecule has 0 nitrogen and oxygen atoms in total. The van der Waals surface area contributed by atoms with Crippen LogP contribution in [0.15, 0.2) is 0 Å². The first-order valence-electron chi connectivity index (χ1n) is 2.75. The number of rotatable bonds is 0. The van der Waals surface area contributed by atoms with Gasteiger partial charge in [0.05, 0.1) is 0 Å². The van der Waals surface area contributed by atoms with Crippen molar-refractivity contribution in [3.8, 4) is 0 Å². The second-order valence-corrected chi connectivity index (χ2v) is 0. The minimum absolute atomic E-state index is 0. The Kier molecular flexibility index (Phi) is 77.9. The third-order valence-corrected chi connectivity index (χ3v) is 0. The molecule has 38 valence electrons. The first-order chi connectivity index (χ1) is 2.94. The van der Waals surface area contributed by atoms with Crippen molar-refractivity contribution in [1.82, 2.24) is 0 Å². The van der Waals surface area contributed by atoms with Gasteiger partial charge in [-0.15, -0.1) is 0 Å². The minimum atomic E-state index is -2.50. The number of hydrogen-bond donors (Lipinski definition) is 0. The molecule has 0 amide bonds. The van der Waals surface area contributed by atoms with Gasteiger partial charge in [0.1, 0.15) is 0 Å². The monoisotopic (exact) mass is 187 g/mol. The van der Waals surface area contributed by atoms with Gasteiger partial charge in [0, 0.05) is 6.85 Å². The zero-order valence-electron chi connectivity index (χ0n) is 7.63. The summed E-state index contributed by atoms with van der Waals surface area (Å²) in [5.74, 6) is 0. The molecule has 0 aliphatic rings. The molecule has 0 rings (SSSR count). The van der Waals surface area contributed by atoms with E-state index in [9.17, 15) is 0 Å². The van der Waals surface area contributed by atoms with Gasteiger partial charge in [0.15, 0.2) is 0 Å². The summed E-state index contributed by atoms with van der Waals surface area (Å²) in [6.07, 6.45) is 0. The van der Waals surface area contributed by atoms with Crippen molar-refractivity contribution in [3.05, 3.63) is 6.88 Å². The van der Waals surface area contributed by atoms with E-state index >= 15 is 0 Å². The molecule has 0 atom stereocenters. The predicted molar refractivity (Wildman–Crippen MR) is 11.0 cm³/mol. The maximum atomic E-state index is 6.31. The van der Waals surface area contributed by atoms with Gasteiger partial charge in [-0.25, -0.2) is 0 Å². The molecule has 0 aromatic heterocycles. The van der Waals surface area contributed by atoms with Crippen molar-refractivity contribution in [2.75, 3.05) is 0 Å². The van der Waals surface area contributed by atoms with Crippen molar-refractivity contribution in [2.45, 2.75) is 6.85 Å². The van der Waals surface area contributed by atoms with Gasteiger partial charge in [0.2, 0.25) is 0 Å². The van der Waals surface area contributed by atoms with Crippen molar-refractivity contribution in [1.29, 1.82) is 0 Å². The first kappa shape index (κ1) is 5.72. The summed E-state index contributed by atoms with van der Waals surface area (Å²) in [4.78, 5) is 0. The average Bonchev–Trinajstić information content (AvgIpc) is 1.31. The number of hydrogen-bond acceptors (Lipinski definition) is 0. The van der Waals surface area contributed by atoms with Crippen LogP contribution in [0.4, 0.5) is 0 Å². The Balaban J connectivity index is -0.0000000300. The first-order valence-corrected chi connectivity index (χ1v) is 0.250. The van der Waals surface area contributed by atoms with E-state index in [0.29, 0.717) is 0 Å². The molecule has 0 bridgehead atoms. The SMILES string of the molecule is [2H][C]([2H])C([2H])([2H])[2H].[Cl-].[Cl-].[Cl-].[Ti+3]. The average molecular weight is 188 g/mol. The fourth-order valence-corrected chi connectivity index (χ4v) is 0. The van der Waals surface area contributed by atoms with E-state index in [2.05, 4.69) is 0 Å². The molecule has 0 spiro atoms. The quantitative estimate of drug-likeness (QED) is 0.331. The maximum Gasteiger partial charge on any atom is 3.00 e. The zero-order chi connectivity index (χ0) is 6.08. The van der Waals surface area contributed by atoms with Crippen LogP contribution in [0.2, 0.25) is 0 Å². The molecule has 0 N–H and O–H groups in total. The van der Waals surface area contributed by atoms with Gasteiger partial charge in [-0.1, -0.05) is 13.7 Å². The molecular weight excluding hydrogens is 178 g/mol. The summed E-state index contributed by atoms with van der Waals surface area (Å²) in [6.45, 7) is -3.51. The van der Waals surface area contributed by atoms with Gasteiger partial charge in [-0.3, -0.25) is 0 Å². The summed E-state index contributed by atoms with van der Waals surface area (Å²) >= 11 is 0. The fourth-order valence-electron chi connectivity index (χ4n) is 0. The van der Waals surface area contributed by atoms with E-state index in [-0.39, 0.29) is 58.9 Å². The topological polar surface area (TPSA) is 0 Å². The summed E-state index contributed by atoms with van der Waals surface area (Å²) < 4.78 is 31.4. The molecule has 0 aliphatic carbocycles. The molecule has 0 fully saturated rings. The van der Waals surface area contributed by atoms with Gasteiger partial charge < -0.3 is 37.2 Å². The second kappa shape index (κ2) is 81.8. The van der Waals surface area contributed by atoms with Gasteiger partial charge >= 0.3 is 21.7 Å². The molecule has 0 saturated heterocycles.